The summed E-state index contributed by atoms with van der Waals surface area (Å²) in [6.45, 7) is 0. The number of carbonyl (C=O) groups is 2. The van der Waals surface area contributed by atoms with Gasteiger partial charge < -0.3 is 9.47 Å². The second-order valence-corrected chi connectivity index (χ2v) is 2.87. The highest BCUT2D eigenvalue weighted by molar-refractivity contribution is 6.15. The van der Waals surface area contributed by atoms with Crippen LogP contribution in [0.25, 0.3) is 0 Å². The molecule has 4 nitrogen and oxygen atoms in total. The molecule has 3 aliphatic rings. The minimum Gasteiger partial charge on any atom is -0.386 e. The third-order valence-corrected chi connectivity index (χ3v) is 2.24. The maximum absolute atomic E-state index is 11.0. The molecule has 0 aromatic rings. The smallest absolute Gasteiger partial charge is 0.345 e. The molecule has 0 saturated heterocycles. The van der Waals surface area contributed by atoms with Crippen molar-refractivity contribution >= 4 is 11.9 Å². The highest BCUT2D eigenvalue weighted by atomic mass is 16.6. The molecule has 3 aliphatic heterocycles. The molecule has 0 N–H and O–H groups in total. The Balaban J connectivity index is 2.20. The molecule has 2 bridgehead atoms. The Morgan fingerprint density at radius 1 is 1.00 bits per heavy atom. The minimum atomic E-state index is -0.549. The number of fused-ring (bicyclic) bond motifs is 4. The van der Waals surface area contributed by atoms with Crippen LogP contribution >= 0.6 is 0 Å². The molecule has 0 spiro atoms. The molecule has 0 radical (unpaired) electrons. The van der Waals surface area contributed by atoms with Gasteiger partial charge in [0.05, 0.1) is 11.1 Å². The van der Waals surface area contributed by atoms with Gasteiger partial charge >= 0.3 is 11.9 Å². The Labute approximate surface area is 67.4 Å². The Kier molecular flexibility index (Phi) is 0.851. The third kappa shape index (κ3) is 0.494. The predicted molar refractivity (Wildman–Crippen MR) is 35.9 cm³/mol. The van der Waals surface area contributed by atoms with Gasteiger partial charge in [0.1, 0.15) is 12.2 Å². The first kappa shape index (κ1) is 6.14. The Morgan fingerprint density at radius 2 is 1.50 bits per heavy atom. The maximum atomic E-state index is 11.0. The van der Waals surface area contributed by atoms with Crippen molar-refractivity contribution in [3.63, 3.8) is 0 Å². The monoisotopic (exact) mass is 164 g/mol. The summed E-state index contributed by atoms with van der Waals surface area (Å²) in [5.41, 5.74) is 0.792. The highest BCUT2D eigenvalue weighted by Crippen LogP contribution is 2.38. The van der Waals surface area contributed by atoms with E-state index in [9.17, 15) is 9.59 Å². The summed E-state index contributed by atoms with van der Waals surface area (Å²) in [4.78, 5) is 22.1. The molecule has 2 unspecified atom stereocenters. The van der Waals surface area contributed by atoms with Crippen molar-refractivity contribution in [2.75, 3.05) is 0 Å². The number of esters is 2. The van der Waals surface area contributed by atoms with Crippen molar-refractivity contribution in [2.24, 2.45) is 0 Å². The van der Waals surface area contributed by atoms with Gasteiger partial charge in [-0.3, -0.25) is 0 Å². The quantitative estimate of drug-likeness (QED) is 0.280. The van der Waals surface area contributed by atoms with E-state index in [-0.39, 0.29) is 12.2 Å². The second kappa shape index (κ2) is 1.67. The molecular weight excluding hydrogens is 160 g/mol. The summed E-state index contributed by atoms with van der Waals surface area (Å²) in [7, 11) is 0. The molecule has 0 aliphatic carbocycles. The van der Waals surface area contributed by atoms with E-state index in [0.717, 1.165) is 0 Å². The molecule has 60 valence electrons. The van der Waals surface area contributed by atoms with Crippen LogP contribution in [0.15, 0.2) is 23.3 Å². The van der Waals surface area contributed by atoms with Crippen LogP contribution in [0.4, 0.5) is 0 Å². The fourth-order valence-corrected chi connectivity index (χ4v) is 1.73. The molecule has 12 heavy (non-hydrogen) atoms. The van der Waals surface area contributed by atoms with Crippen LogP contribution in [-0.2, 0) is 19.1 Å². The van der Waals surface area contributed by atoms with E-state index < -0.39 is 11.9 Å². The maximum Gasteiger partial charge on any atom is 0.345 e. The summed E-state index contributed by atoms with van der Waals surface area (Å²) in [5.74, 6) is -1.10. The van der Waals surface area contributed by atoms with Crippen molar-refractivity contribution in [3.8, 4) is 0 Å². The Bertz CT molecular complexity index is 331. The first-order chi connectivity index (χ1) is 5.77. The van der Waals surface area contributed by atoms with Crippen LogP contribution in [0.5, 0.6) is 0 Å². The SMILES string of the molecule is O=C1OC(=O)C2=C1C1C=CC2O1. The van der Waals surface area contributed by atoms with Gasteiger partial charge in [-0.2, -0.15) is 0 Å². The van der Waals surface area contributed by atoms with Gasteiger partial charge in [-0.15, -0.1) is 0 Å². The average Bonchev–Trinajstić information content (AvgIpc) is 2.64. The molecule has 0 saturated carbocycles. The van der Waals surface area contributed by atoms with E-state index >= 15 is 0 Å². The number of rotatable bonds is 0. The molecule has 0 aromatic carbocycles. The van der Waals surface area contributed by atoms with E-state index in [1.54, 1.807) is 12.2 Å². The van der Waals surface area contributed by atoms with Crippen LogP contribution in [0.2, 0.25) is 0 Å². The largest absolute Gasteiger partial charge is 0.386 e. The Hall–Kier alpha value is -1.42. The molecule has 3 heterocycles. The van der Waals surface area contributed by atoms with Gasteiger partial charge in [0.2, 0.25) is 0 Å². The normalized spacial score (nSPS) is 36.3. The van der Waals surface area contributed by atoms with E-state index in [4.69, 9.17) is 4.74 Å². The van der Waals surface area contributed by atoms with E-state index in [2.05, 4.69) is 4.74 Å². The topological polar surface area (TPSA) is 52.6 Å². The zero-order chi connectivity index (χ0) is 8.29. The number of hydrogen-bond donors (Lipinski definition) is 0. The van der Waals surface area contributed by atoms with E-state index in [0.29, 0.717) is 11.1 Å². The highest BCUT2D eigenvalue weighted by Gasteiger charge is 2.49. The van der Waals surface area contributed by atoms with Crippen LogP contribution in [-0.4, -0.2) is 24.1 Å². The predicted octanol–water partition coefficient (Wildman–Crippen LogP) is -0.296. The van der Waals surface area contributed by atoms with Gasteiger partial charge in [-0.1, -0.05) is 12.2 Å². The first-order valence-corrected chi connectivity index (χ1v) is 3.62. The van der Waals surface area contributed by atoms with E-state index in [1.165, 1.54) is 0 Å². The fraction of sp³-hybridized carbons (Fsp3) is 0.250. The Morgan fingerprint density at radius 3 is 2.00 bits per heavy atom. The number of hydrogen-bond acceptors (Lipinski definition) is 4. The first-order valence-electron chi connectivity index (χ1n) is 3.62. The lowest BCUT2D eigenvalue weighted by molar-refractivity contribution is -0.152. The molecule has 0 aromatic heterocycles. The summed E-state index contributed by atoms with van der Waals surface area (Å²) in [6.07, 6.45) is 2.85. The van der Waals surface area contributed by atoms with Gasteiger partial charge in [-0.05, 0) is 0 Å². The summed E-state index contributed by atoms with van der Waals surface area (Å²) in [5, 5.41) is 0. The average molecular weight is 164 g/mol. The lowest BCUT2D eigenvalue weighted by Gasteiger charge is -2.04. The number of carbonyl (C=O) groups excluding carboxylic acids is 2. The van der Waals surface area contributed by atoms with Gasteiger partial charge in [-0.25, -0.2) is 9.59 Å². The standard InChI is InChI=1S/C8H4O4/c9-7-5-3-1-2-4(11-3)6(5)8(10)12-7/h1-4H. The van der Waals surface area contributed by atoms with Gasteiger partial charge in [0.15, 0.2) is 0 Å². The van der Waals surface area contributed by atoms with Crippen molar-refractivity contribution < 1.29 is 19.1 Å². The van der Waals surface area contributed by atoms with Crippen LogP contribution in [0.3, 0.4) is 0 Å². The van der Waals surface area contributed by atoms with Crippen molar-refractivity contribution in [1.82, 2.24) is 0 Å². The lowest BCUT2D eigenvalue weighted by atomic mass is 9.99. The summed E-state index contributed by atoms with van der Waals surface area (Å²) >= 11 is 0. The van der Waals surface area contributed by atoms with Crippen molar-refractivity contribution in [1.29, 1.82) is 0 Å². The second-order valence-electron chi connectivity index (χ2n) is 2.87. The zero-order valence-corrected chi connectivity index (χ0v) is 5.94. The minimum absolute atomic E-state index is 0.344. The summed E-state index contributed by atoms with van der Waals surface area (Å²) < 4.78 is 9.71. The number of ether oxygens (including phenoxy) is 2. The molecular formula is C8H4O4. The zero-order valence-electron chi connectivity index (χ0n) is 5.94. The van der Waals surface area contributed by atoms with Crippen LogP contribution < -0.4 is 0 Å². The van der Waals surface area contributed by atoms with Crippen molar-refractivity contribution in [2.45, 2.75) is 12.2 Å². The fourth-order valence-electron chi connectivity index (χ4n) is 1.73. The molecule has 2 atom stereocenters. The van der Waals surface area contributed by atoms with E-state index in [1.807, 2.05) is 0 Å². The molecule has 0 amide bonds. The number of cyclic esters (lactones) is 2. The molecule has 4 heteroatoms. The molecule has 3 rings (SSSR count). The molecule has 0 fully saturated rings. The third-order valence-electron chi connectivity index (χ3n) is 2.24. The van der Waals surface area contributed by atoms with Gasteiger partial charge in [0.25, 0.3) is 0 Å². The van der Waals surface area contributed by atoms with Crippen LogP contribution in [0, 0.1) is 0 Å². The lowest BCUT2D eigenvalue weighted by Crippen LogP contribution is -2.15. The summed E-state index contributed by atoms with van der Waals surface area (Å²) in [6, 6.07) is 0. The van der Waals surface area contributed by atoms with Crippen molar-refractivity contribution in [3.05, 3.63) is 23.3 Å². The van der Waals surface area contributed by atoms with Crippen LogP contribution in [0.1, 0.15) is 0 Å². The van der Waals surface area contributed by atoms with Gasteiger partial charge in [0, 0.05) is 0 Å².